The van der Waals surface area contributed by atoms with Crippen molar-refractivity contribution >= 4 is 32.8 Å². The average molecular weight is 453 g/mol. The van der Waals surface area contributed by atoms with Gasteiger partial charge in [-0.2, -0.15) is 0 Å². The minimum Gasteiger partial charge on any atom is -0.480 e. The first kappa shape index (κ1) is 19.5. The maximum absolute atomic E-state index is 11.8. The number of benzene rings is 2. The van der Waals surface area contributed by atoms with E-state index in [1.54, 1.807) is 0 Å². The number of nitrogens with one attached hydrogen (secondary N) is 2. The number of H-pyrrole nitrogens is 1. The molecule has 148 valence electrons. The van der Waals surface area contributed by atoms with E-state index in [9.17, 15) is 9.90 Å². The van der Waals surface area contributed by atoms with Gasteiger partial charge in [-0.05, 0) is 48.4 Å². The van der Waals surface area contributed by atoms with Crippen molar-refractivity contribution in [3.8, 4) is 11.3 Å². The standard InChI is InChI=1S/C23H21BrN2O3/c1-14-10-15(6-8-19(14)24)22-9-7-17(29-22)13-26-21(23(27)28)11-16-12-25-20-5-3-2-4-18(16)20/h2-10,12,21,25-26H,11,13H2,1H3,(H,27,28)/t21-/m1/s1. The van der Waals surface area contributed by atoms with E-state index in [0.29, 0.717) is 18.7 Å². The van der Waals surface area contributed by atoms with Gasteiger partial charge in [0.1, 0.15) is 17.6 Å². The number of para-hydroxylation sites is 1. The summed E-state index contributed by atoms with van der Waals surface area (Å²) in [6, 6.07) is 17.0. The van der Waals surface area contributed by atoms with Gasteiger partial charge in [-0.25, -0.2) is 0 Å². The van der Waals surface area contributed by atoms with E-state index in [-0.39, 0.29) is 0 Å². The monoisotopic (exact) mass is 452 g/mol. The third-order valence-electron chi connectivity index (χ3n) is 5.02. The highest BCUT2D eigenvalue weighted by Crippen LogP contribution is 2.27. The highest BCUT2D eigenvalue weighted by molar-refractivity contribution is 9.10. The maximum Gasteiger partial charge on any atom is 0.321 e. The van der Waals surface area contributed by atoms with E-state index < -0.39 is 12.0 Å². The number of aryl methyl sites for hydroxylation is 1. The normalized spacial score (nSPS) is 12.3. The molecular weight excluding hydrogens is 432 g/mol. The van der Waals surface area contributed by atoms with Crippen molar-refractivity contribution in [2.24, 2.45) is 0 Å². The van der Waals surface area contributed by atoms with Crippen LogP contribution in [0, 0.1) is 6.92 Å². The van der Waals surface area contributed by atoms with Crippen molar-refractivity contribution in [3.05, 3.63) is 82.2 Å². The molecule has 0 amide bonds. The number of aliphatic carboxylic acids is 1. The molecule has 5 nitrogen and oxygen atoms in total. The third-order valence-corrected chi connectivity index (χ3v) is 5.91. The molecule has 0 unspecified atom stereocenters. The second-order valence-corrected chi connectivity index (χ2v) is 7.92. The number of aromatic amines is 1. The SMILES string of the molecule is Cc1cc(-c2ccc(CN[C@H](Cc3c[nH]c4ccccc34)C(=O)O)o2)ccc1Br. The summed E-state index contributed by atoms with van der Waals surface area (Å²) in [5.74, 6) is 0.581. The molecule has 4 aromatic rings. The molecule has 0 aliphatic carbocycles. The summed E-state index contributed by atoms with van der Waals surface area (Å²) in [4.78, 5) is 15.0. The Morgan fingerprint density at radius 2 is 2.03 bits per heavy atom. The van der Waals surface area contributed by atoms with Gasteiger partial charge in [-0.3, -0.25) is 10.1 Å². The molecule has 29 heavy (non-hydrogen) atoms. The highest BCUT2D eigenvalue weighted by Gasteiger charge is 2.20. The summed E-state index contributed by atoms with van der Waals surface area (Å²) in [5.41, 5.74) is 4.10. The Kier molecular flexibility index (Phi) is 5.56. The Bertz CT molecular complexity index is 1160. The molecule has 0 spiro atoms. The number of halogens is 1. The fraction of sp³-hybridized carbons (Fsp3) is 0.174. The van der Waals surface area contributed by atoms with Crippen molar-refractivity contribution in [2.75, 3.05) is 0 Å². The first-order chi connectivity index (χ1) is 14.0. The first-order valence-corrected chi connectivity index (χ1v) is 10.2. The molecule has 6 heteroatoms. The summed E-state index contributed by atoms with van der Waals surface area (Å²) >= 11 is 3.50. The lowest BCUT2D eigenvalue weighted by Crippen LogP contribution is -2.37. The predicted molar refractivity (Wildman–Crippen MR) is 117 cm³/mol. The molecule has 0 fully saturated rings. The van der Waals surface area contributed by atoms with Crippen LogP contribution in [0.15, 0.2) is 69.7 Å². The summed E-state index contributed by atoms with van der Waals surface area (Å²) in [7, 11) is 0. The van der Waals surface area contributed by atoms with Crippen LogP contribution in [-0.2, 0) is 17.8 Å². The van der Waals surface area contributed by atoms with Crippen molar-refractivity contribution in [1.29, 1.82) is 0 Å². The third kappa shape index (κ3) is 4.28. The van der Waals surface area contributed by atoms with Gasteiger partial charge >= 0.3 is 5.97 Å². The second kappa shape index (κ2) is 8.27. The van der Waals surface area contributed by atoms with E-state index in [0.717, 1.165) is 37.8 Å². The second-order valence-electron chi connectivity index (χ2n) is 7.07. The number of carboxylic acid groups (broad SMARTS) is 1. The molecule has 0 aliphatic rings. The topological polar surface area (TPSA) is 78.3 Å². The fourth-order valence-corrected chi connectivity index (χ4v) is 3.66. The lowest BCUT2D eigenvalue weighted by atomic mass is 10.0. The fourth-order valence-electron chi connectivity index (χ4n) is 3.42. The molecule has 1 atom stereocenters. The van der Waals surface area contributed by atoms with Crippen LogP contribution in [0.2, 0.25) is 0 Å². The lowest BCUT2D eigenvalue weighted by molar-refractivity contribution is -0.139. The predicted octanol–water partition coefficient (Wildman–Crippen LogP) is 5.28. The van der Waals surface area contributed by atoms with Crippen LogP contribution < -0.4 is 5.32 Å². The lowest BCUT2D eigenvalue weighted by Gasteiger charge is -2.13. The molecule has 0 radical (unpaired) electrons. The van der Waals surface area contributed by atoms with Gasteiger partial charge in [0, 0.05) is 33.6 Å². The minimum atomic E-state index is -0.884. The van der Waals surface area contributed by atoms with E-state index in [4.69, 9.17) is 4.42 Å². The number of carbonyl (C=O) groups is 1. The Balaban J connectivity index is 1.45. The van der Waals surface area contributed by atoms with Gasteiger partial charge in [0.15, 0.2) is 0 Å². The van der Waals surface area contributed by atoms with Crippen molar-refractivity contribution < 1.29 is 14.3 Å². The molecule has 0 saturated carbocycles. The molecule has 0 bridgehead atoms. The van der Waals surface area contributed by atoms with Crippen molar-refractivity contribution in [3.63, 3.8) is 0 Å². The zero-order chi connectivity index (χ0) is 20.4. The van der Waals surface area contributed by atoms with Crippen LogP contribution in [0.3, 0.4) is 0 Å². The van der Waals surface area contributed by atoms with Crippen molar-refractivity contribution in [1.82, 2.24) is 10.3 Å². The quantitative estimate of drug-likeness (QED) is 0.356. The van der Waals surface area contributed by atoms with Gasteiger partial charge in [-0.15, -0.1) is 0 Å². The van der Waals surface area contributed by atoms with Gasteiger partial charge < -0.3 is 14.5 Å². The van der Waals surface area contributed by atoms with E-state index in [1.807, 2.05) is 61.7 Å². The number of rotatable bonds is 7. The maximum atomic E-state index is 11.8. The smallest absolute Gasteiger partial charge is 0.321 e. The van der Waals surface area contributed by atoms with Crippen molar-refractivity contribution in [2.45, 2.75) is 25.9 Å². The summed E-state index contributed by atoms with van der Waals surface area (Å²) in [6.45, 7) is 2.37. The number of aromatic nitrogens is 1. The Labute approximate surface area is 176 Å². The molecule has 0 saturated heterocycles. The summed E-state index contributed by atoms with van der Waals surface area (Å²) in [5, 5.41) is 13.8. The van der Waals surface area contributed by atoms with Crippen LogP contribution in [0.1, 0.15) is 16.9 Å². The minimum absolute atomic E-state index is 0.342. The summed E-state index contributed by atoms with van der Waals surface area (Å²) in [6.07, 6.45) is 2.27. The molecule has 2 aromatic carbocycles. The Morgan fingerprint density at radius 3 is 2.83 bits per heavy atom. The van der Waals surface area contributed by atoms with Crippen LogP contribution in [0.25, 0.3) is 22.2 Å². The van der Waals surface area contributed by atoms with Gasteiger partial charge in [0.2, 0.25) is 0 Å². The molecule has 0 aliphatic heterocycles. The van der Waals surface area contributed by atoms with Gasteiger partial charge in [0.25, 0.3) is 0 Å². The van der Waals surface area contributed by atoms with Crippen LogP contribution in [0.5, 0.6) is 0 Å². The number of hydrogen-bond donors (Lipinski definition) is 3. The van der Waals surface area contributed by atoms with Crippen LogP contribution in [-0.4, -0.2) is 22.1 Å². The van der Waals surface area contributed by atoms with E-state index >= 15 is 0 Å². The average Bonchev–Trinajstić information content (AvgIpc) is 3.34. The van der Waals surface area contributed by atoms with Gasteiger partial charge in [-0.1, -0.05) is 40.2 Å². The number of hydrogen-bond acceptors (Lipinski definition) is 3. The number of furan rings is 1. The molecule has 3 N–H and O–H groups in total. The van der Waals surface area contributed by atoms with E-state index in [1.165, 1.54) is 0 Å². The first-order valence-electron chi connectivity index (χ1n) is 9.37. The summed E-state index contributed by atoms with van der Waals surface area (Å²) < 4.78 is 6.98. The van der Waals surface area contributed by atoms with E-state index in [2.05, 4.69) is 32.3 Å². The number of fused-ring (bicyclic) bond motifs is 1. The molecule has 2 heterocycles. The van der Waals surface area contributed by atoms with Crippen LogP contribution >= 0.6 is 15.9 Å². The molecule has 4 rings (SSSR count). The Hall–Kier alpha value is -2.83. The molecular formula is C23H21BrN2O3. The zero-order valence-electron chi connectivity index (χ0n) is 15.9. The number of carboxylic acids is 1. The Morgan fingerprint density at radius 1 is 1.21 bits per heavy atom. The molecule has 2 aromatic heterocycles. The highest BCUT2D eigenvalue weighted by atomic mass is 79.9. The van der Waals surface area contributed by atoms with Crippen LogP contribution in [0.4, 0.5) is 0 Å². The largest absolute Gasteiger partial charge is 0.480 e. The van der Waals surface area contributed by atoms with Gasteiger partial charge in [0.05, 0.1) is 6.54 Å². The zero-order valence-corrected chi connectivity index (χ0v) is 17.5.